The molecule has 0 aliphatic carbocycles. The molecule has 0 fully saturated rings. The van der Waals surface area contributed by atoms with E-state index in [9.17, 15) is 13.2 Å². The Morgan fingerprint density at radius 1 is 1.15 bits per heavy atom. The van der Waals surface area contributed by atoms with Gasteiger partial charge in [-0.25, -0.2) is 0 Å². The molecule has 0 nitrogen and oxygen atoms in total. The molecule has 0 unspecified atom stereocenters. The molecule has 1 aromatic rings. The van der Waals surface area contributed by atoms with Crippen molar-refractivity contribution in [2.75, 3.05) is 0 Å². The monoisotopic (exact) mass is 228 g/mol. The van der Waals surface area contributed by atoms with Crippen LogP contribution < -0.4 is 0 Å². The summed E-state index contributed by atoms with van der Waals surface area (Å²) < 4.78 is 36.4. The van der Waals surface area contributed by atoms with Gasteiger partial charge in [0.15, 0.2) is 0 Å². The molecule has 0 bridgehead atoms. The maximum atomic E-state index is 12.1. The number of benzene rings is 1. The van der Waals surface area contributed by atoms with Crippen LogP contribution in [-0.4, -0.2) is 0 Å². The SMILES string of the molecule is FC(F)(F)c1cccc(C(Cl)Cl)c1. The predicted octanol–water partition coefficient (Wildman–Crippen LogP) is 4.18. The minimum Gasteiger partial charge on any atom is -0.166 e. The van der Waals surface area contributed by atoms with Crippen molar-refractivity contribution in [3.05, 3.63) is 35.4 Å². The lowest BCUT2D eigenvalue weighted by molar-refractivity contribution is -0.137. The van der Waals surface area contributed by atoms with Crippen LogP contribution in [0, 0.1) is 0 Å². The van der Waals surface area contributed by atoms with Crippen LogP contribution in [0.4, 0.5) is 13.2 Å². The van der Waals surface area contributed by atoms with Gasteiger partial charge in [0.1, 0.15) is 4.84 Å². The largest absolute Gasteiger partial charge is 0.416 e. The zero-order valence-corrected chi connectivity index (χ0v) is 7.79. The van der Waals surface area contributed by atoms with Crippen molar-refractivity contribution in [2.24, 2.45) is 0 Å². The fourth-order valence-electron chi connectivity index (χ4n) is 0.851. The van der Waals surface area contributed by atoms with Crippen LogP contribution in [0.2, 0.25) is 0 Å². The molecule has 0 aliphatic rings. The summed E-state index contributed by atoms with van der Waals surface area (Å²) in [6.07, 6.45) is -4.35. The standard InChI is InChI=1S/C8H5Cl2F3/c9-7(10)5-2-1-3-6(4-5)8(11,12)13/h1-4,7H. The summed E-state index contributed by atoms with van der Waals surface area (Å²) >= 11 is 10.8. The van der Waals surface area contributed by atoms with Gasteiger partial charge < -0.3 is 0 Å². The number of hydrogen-bond donors (Lipinski definition) is 0. The summed E-state index contributed by atoms with van der Waals surface area (Å²) in [5, 5.41) is 0. The van der Waals surface area contributed by atoms with E-state index in [0.29, 0.717) is 0 Å². The molecule has 1 aromatic carbocycles. The molecule has 0 saturated heterocycles. The minimum absolute atomic E-state index is 0.248. The highest BCUT2D eigenvalue weighted by Crippen LogP contribution is 2.32. The summed E-state index contributed by atoms with van der Waals surface area (Å²) in [6, 6.07) is 4.63. The van der Waals surface area contributed by atoms with Crippen molar-refractivity contribution in [3.63, 3.8) is 0 Å². The van der Waals surface area contributed by atoms with Gasteiger partial charge in [0.25, 0.3) is 0 Å². The Bertz CT molecular complexity index is 294. The summed E-state index contributed by atoms with van der Waals surface area (Å²) in [5.74, 6) is 0. The van der Waals surface area contributed by atoms with E-state index < -0.39 is 16.6 Å². The molecule has 0 saturated carbocycles. The van der Waals surface area contributed by atoms with E-state index in [-0.39, 0.29) is 5.56 Å². The molecule has 0 atom stereocenters. The van der Waals surface area contributed by atoms with Crippen LogP contribution in [0.25, 0.3) is 0 Å². The average Bonchev–Trinajstić information content (AvgIpc) is 2.03. The molecular weight excluding hydrogens is 224 g/mol. The maximum absolute atomic E-state index is 12.1. The zero-order valence-electron chi connectivity index (χ0n) is 6.28. The van der Waals surface area contributed by atoms with E-state index in [4.69, 9.17) is 23.2 Å². The molecule has 0 amide bonds. The van der Waals surface area contributed by atoms with Crippen molar-refractivity contribution >= 4 is 23.2 Å². The highest BCUT2D eigenvalue weighted by Gasteiger charge is 2.30. The van der Waals surface area contributed by atoms with Crippen molar-refractivity contribution in [1.29, 1.82) is 0 Å². The van der Waals surface area contributed by atoms with E-state index in [1.807, 2.05) is 0 Å². The highest BCUT2D eigenvalue weighted by atomic mass is 35.5. The fourth-order valence-corrected chi connectivity index (χ4v) is 1.12. The predicted molar refractivity (Wildman–Crippen MR) is 45.9 cm³/mol. The molecule has 0 heterocycles. The molecule has 0 N–H and O–H groups in total. The summed E-state index contributed by atoms with van der Waals surface area (Å²) in [4.78, 5) is -0.928. The molecule has 13 heavy (non-hydrogen) atoms. The molecule has 5 heteroatoms. The van der Waals surface area contributed by atoms with Gasteiger partial charge in [-0.3, -0.25) is 0 Å². The quantitative estimate of drug-likeness (QED) is 0.633. The van der Waals surface area contributed by atoms with Gasteiger partial charge >= 0.3 is 6.18 Å². The van der Waals surface area contributed by atoms with Gasteiger partial charge in [0.05, 0.1) is 5.56 Å². The van der Waals surface area contributed by atoms with Crippen molar-refractivity contribution in [1.82, 2.24) is 0 Å². The summed E-state index contributed by atoms with van der Waals surface area (Å²) in [6.45, 7) is 0. The van der Waals surface area contributed by atoms with E-state index in [0.717, 1.165) is 12.1 Å². The Hall–Kier alpha value is -0.410. The number of alkyl halides is 5. The minimum atomic E-state index is -4.35. The Kier molecular flexibility index (Phi) is 3.09. The van der Waals surface area contributed by atoms with Gasteiger partial charge in [-0.1, -0.05) is 12.1 Å². The van der Waals surface area contributed by atoms with Crippen LogP contribution in [0.1, 0.15) is 16.0 Å². The second-order valence-electron chi connectivity index (χ2n) is 2.42. The summed E-state index contributed by atoms with van der Waals surface area (Å²) in [5.41, 5.74) is -0.491. The molecule has 0 aliphatic heterocycles. The first kappa shape index (κ1) is 10.7. The van der Waals surface area contributed by atoms with Crippen molar-refractivity contribution < 1.29 is 13.2 Å². The lowest BCUT2D eigenvalue weighted by Crippen LogP contribution is -2.05. The molecule has 0 aromatic heterocycles. The normalized spacial score (nSPS) is 12.2. The van der Waals surface area contributed by atoms with Crippen molar-refractivity contribution in [3.8, 4) is 0 Å². The highest BCUT2D eigenvalue weighted by molar-refractivity contribution is 6.44. The van der Waals surface area contributed by atoms with Crippen LogP contribution in [0.15, 0.2) is 24.3 Å². The third-order valence-electron chi connectivity index (χ3n) is 1.47. The van der Waals surface area contributed by atoms with Crippen LogP contribution in [0.3, 0.4) is 0 Å². The second kappa shape index (κ2) is 3.76. The van der Waals surface area contributed by atoms with E-state index in [2.05, 4.69) is 0 Å². The number of rotatable bonds is 1. The first-order valence-electron chi connectivity index (χ1n) is 3.36. The first-order valence-corrected chi connectivity index (χ1v) is 4.24. The fraction of sp³-hybridized carbons (Fsp3) is 0.250. The molecule has 0 radical (unpaired) electrons. The van der Waals surface area contributed by atoms with Gasteiger partial charge in [-0.15, -0.1) is 23.2 Å². The lowest BCUT2D eigenvalue weighted by Gasteiger charge is -2.08. The lowest BCUT2D eigenvalue weighted by atomic mass is 10.1. The Balaban J connectivity index is 3.06. The van der Waals surface area contributed by atoms with Crippen molar-refractivity contribution in [2.45, 2.75) is 11.0 Å². The maximum Gasteiger partial charge on any atom is 0.416 e. The topological polar surface area (TPSA) is 0 Å². The molecule has 72 valence electrons. The van der Waals surface area contributed by atoms with Crippen LogP contribution >= 0.6 is 23.2 Å². The average molecular weight is 229 g/mol. The molecular formula is C8H5Cl2F3. The number of halogens is 5. The third-order valence-corrected chi connectivity index (χ3v) is 1.97. The third kappa shape index (κ3) is 2.78. The van der Waals surface area contributed by atoms with E-state index in [1.54, 1.807) is 0 Å². The Labute approximate surface area is 83.3 Å². The van der Waals surface area contributed by atoms with Crippen LogP contribution in [-0.2, 0) is 6.18 Å². The molecule has 0 spiro atoms. The van der Waals surface area contributed by atoms with Crippen LogP contribution in [0.5, 0.6) is 0 Å². The first-order chi connectivity index (χ1) is 5.91. The van der Waals surface area contributed by atoms with Gasteiger partial charge in [-0.05, 0) is 17.7 Å². The zero-order chi connectivity index (χ0) is 10.1. The van der Waals surface area contributed by atoms with Gasteiger partial charge in [-0.2, -0.15) is 13.2 Å². The Morgan fingerprint density at radius 3 is 2.23 bits per heavy atom. The summed E-state index contributed by atoms with van der Waals surface area (Å²) in [7, 11) is 0. The van der Waals surface area contributed by atoms with Gasteiger partial charge in [0.2, 0.25) is 0 Å². The second-order valence-corrected chi connectivity index (χ2v) is 3.52. The van der Waals surface area contributed by atoms with Gasteiger partial charge in [0, 0.05) is 0 Å². The Morgan fingerprint density at radius 2 is 1.77 bits per heavy atom. The smallest absolute Gasteiger partial charge is 0.166 e. The molecule has 1 rings (SSSR count). The number of hydrogen-bond acceptors (Lipinski definition) is 0. The van der Waals surface area contributed by atoms with E-state index >= 15 is 0 Å². The van der Waals surface area contributed by atoms with E-state index in [1.165, 1.54) is 12.1 Å².